The van der Waals surface area contributed by atoms with Crippen LogP contribution < -0.4 is 4.74 Å². The number of hydrogen-bond acceptors (Lipinski definition) is 1. The minimum atomic E-state index is -3.35. The van der Waals surface area contributed by atoms with Crippen molar-refractivity contribution in [2.75, 3.05) is 0 Å². The zero-order valence-corrected chi connectivity index (χ0v) is 19.0. The molecule has 2 aromatic carbocycles. The van der Waals surface area contributed by atoms with Crippen LogP contribution in [0, 0.1) is 47.0 Å². The molecule has 0 heterocycles. The Morgan fingerprint density at radius 2 is 1.59 bits per heavy atom. The molecule has 180 valence electrons. The SMILES string of the molecule is C/C=C/C1CCC2CC(c3ccc(C#Cc4cc(F)c(OC(F)F)c(F)c4)c(F)c3)CCC2C1. The van der Waals surface area contributed by atoms with Crippen molar-refractivity contribution in [2.24, 2.45) is 17.8 Å². The molecule has 34 heavy (non-hydrogen) atoms. The molecule has 4 atom stereocenters. The van der Waals surface area contributed by atoms with E-state index in [9.17, 15) is 22.0 Å². The molecule has 2 saturated carbocycles. The van der Waals surface area contributed by atoms with Gasteiger partial charge in [-0.2, -0.15) is 8.78 Å². The lowest BCUT2D eigenvalue weighted by molar-refractivity contribution is -0.0546. The van der Waals surface area contributed by atoms with E-state index < -0.39 is 29.8 Å². The Morgan fingerprint density at radius 3 is 2.26 bits per heavy atom. The van der Waals surface area contributed by atoms with Crippen molar-refractivity contribution >= 4 is 0 Å². The van der Waals surface area contributed by atoms with Crippen LogP contribution in [0.2, 0.25) is 0 Å². The fourth-order valence-corrected chi connectivity index (χ4v) is 5.54. The Kier molecular flexibility index (Phi) is 7.60. The predicted octanol–water partition coefficient (Wildman–Crippen LogP) is 7.98. The van der Waals surface area contributed by atoms with Crippen molar-refractivity contribution in [3.63, 3.8) is 0 Å². The van der Waals surface area contributed by atoms with Crippen LogP contribution in [0.15, 0.2) is 42.5 Å². The molecule has 2 aromatic rings. The molecule has 0 aromatic heterocycles. The standard InChI is InChI=1S/C28H27F5O/c1-2-3-17-4-7-21-15-22(11-10-20(21)12-17)23-9-8-19(24(29)16-23)6-5-18-13-25(30)27(26(31)14-18)34-28(32)33/h2-3,8-9,13-14,16-17,20-22,28H,4,7,10-12,15H2,1H3/b3-2+. The van der Waals surface area contributed by atoms with Gasteiger partial charge in [-0.1, -0.05) is 30.1 Å². The maximum Gasteiger partial charge on any atom is 0.387 e. The first-order valence-corrected chi connectivity index (χ1v) is 11.7. The normalized spacial score (nSPS) is 24.6. The van der Waals surface area contributed by atoms with Crippen LogP contribution in [-0.2, 0) is 0 Å². The summed E-state index contributed by atoms with van der Waals surface area (Å²) < 4.78 is 70.9. The summed E-state index contributed by atoms with van der Waals surface area (Å²) in [5.41, 5.74) is 0.965. The molecule has 0 radical (unpaired) electrons. The number of alkyl halides is 2. The van der Waals surface area contributed by atoms with E-state index in [1.54, 1.807) is 6.07 Å². The molecule has 4 rings (SSSR count). The number of hydrogen-bond donors (Lipinski definition) is 0. The number of halogens is 5. The first-order valence-electron chi connectivity index (χ1n) is 11.7. The maximum absolute atomic E-state index is 14.8. The molecule has 0 N–H and O–H groups in total. The highest BCUT2D eigenvalue weighted by atomic mass is 19.3. The third-order valence-electron chi connectivity index (χ3n) is 7.13. The van der Waals surface area contributed by atoms with E-state index in [4.69, 9.17) is 0 Å². The van der Waals surface area contributed by atoms with E-state index in [1.807, 2.05) is 6.07 Å². The molecule has 1 nitrogen and oxygen atoms in total. The van der Waals surface area contributed by atoms with Crippen molar-refractivity contribution in [1.82, 2.24) is 0 Å². The molecule has 0 aliphatic heterocycles. The second kappa shape index (κ2) is 10.6. The summed E-state index contributed by atoms with van der Waals surface area (Å²) in [7, 11) is 0. The van der Waals surface area contributed by atoms with E-state index in [-0.39, 0.29) is 11.1 Å². The average molecular weight is 475 g/mol. The molecular weight excluding hydrogens is 447 g/mol. The zero-order valence-electron chi connectivity index (χ0n) is 19.0. The van der Waals surface area contributed by atoms with Crippen LogP contribution in [-0.4, -0.2) is 6.61 Å². The van der Waals surface area contributed by atoms with Gasteiger partial charge in [0.05, 0.1) is 5.56 Å². The van der Waals surface area contributed by atoms with Crippen LogP contribution in [0.4, 0.5) is 22.0 Å². The predicted molar refractivity (Wildman–Crippen MR) is 121 cm³/mol. The summed E-state index contributed by atoms with van der Waals surface area (Å²) in [5, 5.41) is 0. The van der Waals surface area contributed by atoms with Gasteiger partial charge in [-0.15, -0.1) is 0 Å². The third-order valence-corrected chi connectivity index (χ3v) is 7.13. The second-order valence-electron chi connectivity index (χ2n) is 9.27. The van der Waals surface area contributed by atoms with E-state index in [1.165, 1.54) is 25.3 Å². The molecular formula is C28H27F5O. The van der Waals surface area contributed by atoms with Crippen molar-refractivity contribution in [1.29, 1.82) is 0 Å². The molecule has 6 heteroatoms. The molecule has 0 saturated heterocycles. The molecule has 2 fully saturated rings. The van der Waals surface area contributed by atoms with Gasteiger partial charge in [0.1, 0.15) is 5.82 Å². The smallest absolute Gasteiger partial charge is 0.387 e. The summed E-state index contributed by atoms with van der Waals surface area (Å²) in [5.74, 6) is 3.28. The van der Waals surface area contributed by atoms with Crippen molar-refractivity contribution in [3.8, 4) is 17.6 Å². The van der Waals surface area contributed by atoms with Gasteiger partial charge in [-0.25, -0.2) is 13.2 Å². The molecule has 2 aliphatic carbocycles. The van der Waals surface area contributed by atoms with Crippen LogP contribution in [0.3, 0.4) is 0 Å². The summed E-state index contributed by atoms with van der Waals surface area (Å²) >= 11 is 0. The third kappa shape index (κ3) is 5.63. The number of rotatable bonds is 4. The maximum atomic E-state index is 14.8. The summed E-state index contributed by atoms with van der Waals surface area (Å²) in [4.78, 5) is 0. The summed E-state index contributed by atoms with van der Waals surface area (Å²) in [6, 6.07) is 6.55. The van der Waals surface area contributed by atoms with Crippen LogP contribution in [0.1, 0.15) is 68.1 Å². The highest BCUT2D eigenvalue weighted by Gasteiger charge is 2.35. The lowest BCUT2D eigenvalue weighted by Crippen LogP contribution is -2.30. The average Bonchev–Trinajstić information content (AvgIpc) is 2.80. The van der Waals surface area contributed by atoms with E-state index in [0.29, 0.717) is 17.8 Å². The number of allylic oxidation sites excluding steroid dienone is 2. The zero-order chi connectivity index (χ0) is 24.2. The summed E-state index contributed by atoms with van der Waals surface area (Å²) in [6.45, 7) is -1.28. The number of fused-ring (bicyclic) bond motifs is 1. The van der Waals surface area contributed by atoms with Gasteiger partial charge in [0.2, 0.25) is 0 Å². The van der Waals surface area contributed by atoms with E-state index >= 15 is 0 Å². The molecule has 0 spiro atoms. The van der Waals surface area contributed by atoms with Gasteiger partial charge < -0.3 is 4.74 Å². The van der Waals surface area contributed by atoms with Gasteiger partial charge >= 0.3 is 6.61 Å². The van der Waals surface area contributed by atoms with Gasteiger partial charge in [0, 0.05) is 5.56 Å². The second-order valence-corrected chi connectivity index (χ2v) is 9.27. The van der Waals surface area contributed by atoms with Crippen LogP contribution in [0.25, 0.3) is 0 Å². The van der Waals surface area contributed by atoms with Gasteiger partial charge in [-0.05, 0) is 98.9 Å². The Balaban J connectivity index is 1.45. The Bertz CT molecular complexity index is 1090. The summed E-state index contributed by atoms with van der Waals surface area (Å²) in [6.07, 6.45) is 11.4. The largest absolute Gasteiger partial charge is 0.429 e. The van der Waals surface area contributed by atoms with Gasteiger partial charge in [-0.3, -0.25) is 0 Å². The first kappa shape index (κ1) is 24.3. The fourth-order valence-electron chi connectivity index (χ4n) is 5.54. The number of benzene rings is 2. The van der Waals surface area contributed by atoms with Crippen LogP contribution >= 0.6 is 0 Å². The highest BCUT2D eigenvalue weighted by Crippen LogP contribution is 2.47. The highest BCUT2D eigenvalue weighted by molar-refractivity contribution is 5.46. The fraction of sp³-hybridized carbons (Fsp3) is 0.429. The quantitative estimate of drug-likeness (QED) is 0.248. The van der Waals surface area contributed by atoms with E-state index in [2.05, 4.69) is 35.7 Å². The first-order chi connectivity index (χ1) is 16.3. The molecule has 0 amide bonds. The number of ether oxygens (including phenoxy) is 1. The minimum absolute atomic E-state index is 0.105. The topological polar surface area (TPSA) is 9.23 Å². The van der Waals surface area contributed by atoms with Crippen molar-refractivity contribution in [3.05, 3.63) is 76.6 Å². The Morgan fingerprint density at radius 1 is 0.882 bits per heavy atom. The Hall–Kier alpha value is -2.81. The lowest BCUT2D eigenvalue weighted by Gasteiger charge is -2.41. The van der Waals surface area contributed by atoms with E-state index in [0.717, 1.165) is 42.9 Å². The van der Waals surface area contributed by atoms with Gasteiger partial charge in [0.15, 0.2) is 17.4 Å². The minimum Gasteiger partial charge on any atom is -0.429 e. The van der Waals surface area contributed by atoms with Crippen LogP contribution in [0.5, 0.6) is 5.75 Å². The van der Waals surface area contributed by atoms with Gasteiger partial charge in [0.25, 0.3) is 0 Å². The molecule has 0 bridgehead atoms. The molecule has 4 unspecified atom stereocenters. The van der Waals surface area contributed by atoms with Crippen molar-refractivity contribution in [2.45, 2.75) is 58.0 Å². The van der Waals surface area contributed by atoms with Crippen molar-refractivity contribution < 1.29 is 26.7 Å². The Labute approximate surface area is 197 Å². The molecule has 2 aliphatic rings. The monoisotopic (exact) mass is 474 g/mol. The lowest BCUT2D eigenvalue weighted by atomic mass is 9.64.